The molecule has 1 aromatic carbocycles. The maximum absolute atomic E-state index is 12.6. The second kappa shape index (κ2) is 16.4. The summed E-state index contributed by atoms with van der Waals surface area (Å²) in [5.41, 5.74) is 11.6. The molecule has 1 aliphatic rings. The molecule has 0 aromatic heterocycles. The van der Waals surface area contributed by atoms with Crippen LogP contribution in [0.3, 0.4) is 0 Å². The zero-order valence-electron chi connectivity index (χ0n) is 20.9. The van der Waals surface area contributed by atoms with Crippen molar-refractivity contribution < 1.29 is 28.7 Å². The Balaban J connectivity index is 1.65. The summed E-state index contributed by atoms with van der Waals surface area (Å²) in [6, 6.07) is 6.14. The van der Waals surface area contributed by atoms with Crippen molar-refractivity contribution in [1.29, 1.82) is 5.41 Å². The van der Waals surface area contributed by atoms with E-state index in [1.165, 1.54) is 11.8 Å². The van der Waals surface area contributed by atoms with Crippen LogP contribution in [0.5, 0.6) is 0 Å². The van der Waals surface area contributed by atoms with E-state index in [1.807, 2.05) is 6.07 Å². The quantitative estimate of drug-likeness (QED) is 0.0450. The SMILES string of the molecule is N=C(CCCSC1CC(=O)N(COC(=O)CNC(=O)c2cccc([125I])c2)C1=O)NC(=O)[C@@H](N)CCCCN. The number of imide groups is 1. The molecular formula is C24H33IN6O6S. The first kappa shape index (κ1) is 31.7. The predicted octanol–water partition coefficient (Wildman–Crippen LogP) is 0.712. The van der Waals surface area contributed by atoms with Crippen molar-refractivity contribution in [3.05, 3.63) is 33.4 Å². The van der Waals surface area contributed by atoms with E-state index in [-0.39, 0.29) is 18.7 Å². The van der Waals surface area contributed by atoms with Crippen LogP contribution < -0.4 is 22.1 Å². The molecule has 1 heterocycles. The van der Waals surface area contributed by atoms with Gasteiger partial charge in [0, 0.05) is 22.0 Å². The molecule has 0 spiro atoms. The van der Waals surface area contributed by atoms with Crippen molar-refractivity contribution in [1.82, 2.24) is 15.5 Å². The van der Waals surface area contributed by atoms with E-state index in [2.05, 4.69) is 33.2 Å². The molecule has 0 bridgehead atoms. The number of carbonyl (C=O) groups excluding carboxylic acids is 5. The molecule has 2 rings (SSSR count). The van der Waals surface area contributed by atoms with E-state index in [0.29, 0.717) is 30.7 Å². The number of thioether (sulfide) groups is 1. The Bertz CT molecular complexity index is 1040. The number of nitrogens with two attached hydrogens (primary N) is 2. The molecule has 1 fully saturated rings. The highest BCUT2D eigenvalue weighted by Gasteiger charge is 2.39. The lowest BCUT2D eigenvalue weighted by Gasteiger charge is -2.15. The number of ether oxygens (including phenoxy) is 1. The van der Waals surface area contributed by atoms with Crippen molar-refractivity contribution in [2.24, 2.45) is 11.5 Å². The minimum atomic E-state index is -0.777. The van der Waals surface area contributed by atoms with E-state index < -0.39 is 54.2 Å². The average Bonchev–Trinajstić information content (AvgIpc) is 3.15. The summed E-state index contributed by atoms with van der Waals surface area (Å²) in [7, 11) is 0. The first-order valence-electron chi connectivity index (χ1n) is 12.1. The van der Waals surface area contributed by atoms with Gasteiger partial charge >= 0.3 is 5.97 Å². The number of likely N-dealkylation sites (tertiary alicyclic amines) is 1. The van der Waals surface area contributed by atoms with Crippen LogP contribution >= 0.6 is 34.4 Å². The Morgan fingerprint density at radius 3 is 2.71 bits per heavy atom. The number of rotatable bonds is 15. The topological polar surface area (TPSA) is 198 Å². The molecule has 7 N–H and O–H groups in total. The third-order valence-electron chi connectivity index (χ3n) is 5.51. The maximum atomic E-state index is 12.6. The van der Waals surface area contributed by atoms with Crippen LogP contribution in [0.1, 0.15) is 48.9 Å². The van der Waals surface area contributed by atoms with Gasteiger partial charge in [-0.3, -0.25) is 29.4 Å². The molecule has 12 nitrogen and oxygen atoms in total. The van der Waals surface area contributed by atoms with E-state index >= 15 is 0 Å². The minimum Gasteiger partial charge on any atom is -0.442 e. The average molecular weight is 659 g/mol. The number of hydrogen-bond acceptors (Lipinski definition) is 10. The number of nitrogens with one attached hydrogen (secondary N) is 3. The molecule has 0 radical (unpaired) electrons. The fourth-order valence-electron chi connectivity index (χ4n) is 3.41. The van der Waals surface area contributed by atoms with Gasteiger partial charge in [0.2, 0.25) is 17.7 Å². The maximum Gasteiger partial charge on any atom is 0.327 e. The standard InChI is InChI=1S/C24H33IN6O6S/c25-16-6-3-5-15(11-16)22(34)29-13-21(33)37-14-31-20(32)12-18(24(31)36)38-10-4-8-19(28)30-23(35)17(27)7-1-2-9-26/h3,5-6,11,17-18H,1-2,4,7-10,12-14,26-27H2,(H,29,34)(H2,28,30,35)/t17-,18?/m0/s1/i25-2. The summed E-state index contributed by atoms with van der Waals surface area (Å²) in [4.78, 5) is 61.8. The fourth-order valence-corrected chi connectivity index (χ4v) is 5.08. The monoisotopic (exact) mass is 658 g/mol. The summed E-state index contributed by atoms with van der Waals surface area (Å²) in [5, 5.41) is 12.2. The van der Waals surface area contributed by atoms with Crippen molar-refractivity contribution in [3.8, 4) is 0 Å². The summed E-state index contributed by atoms with van der Waals surface area (Å²) in [5.74, 6) is -2.00. The number of amidine groups is 1. The van der Waals surface area contributed by atoms with Gasteiger partial charge in [0.25, 0.3) is 5.91 Å². The molecule has 1 unspecified atom stereocenters. The van der Waals surface area contributed by atoms with Crippen LogP contribution in [0.15, 0.2) is 24.3 Å². The van der Waals surface area contributed by atoms with Crippen LogP contribution in [0.25, 0.3) is 0 Å². The number of esters is 1. The first-order chi connectivity index (χ1) is 18.1. The number of nitrogens with zero attached hydrogens (tertiary/aromatic N) is 1. The number of amides is 4. The number of benzene rings is 1. The Kier molecular flexibility index (Phi) is 13.7. The second-order valence-electron chi connectivity index (χ2n) is 8.52. The Morgan fingerprint density at radius 2 is 2.00 bits per heavy atom. The van der Waals surface area contributed by atoms with E-state index in [4.69, 9.17) is 21.6 Å². The fraction of sp³-hybridized carbons (Fsp3) is 0.500. The van der Waals surface area contributed by atoms with Crippen LogP contribution in [0.2, 0.25) is 0 Å². The highest BCUT2D eigenvalue weighted by molar-refractivity contribution is 14.1. The predicted molar refractivity (Wildman–Crippen MR) is 151 cm³/mol. The van der Waals surface area contributed by atoms with Gasteiger partial charge in [0.1, 0.15) is 6.54 Å². The van der Waals surface area contributed by atoms with Gasteiger partial charge in [-0.2, -0.15) is 0 Å². The molecule has 0 saturated carbocycles. The molecule has 208 valence electrons. The molecular weight excluding hydrogens is 625 g/mol. The van der Waals surface area contributed by atoms with Gasteiger partial charge in [0.05, 0.1) is 17.1 Å². The smallest absolute Gasteiger partial charge is 0.327 e. The molecule has 1 aliphatic heterocycles. The molecule has 14 heteroatoms. The zero-order chi connectivity index (χ0) is 28.1. The van der Waals surface area contributed by atoms with Crippen LogP contribution in [-0.2, 0) is 23.9 Å². The molecule has 1 aromatic rings. The lowest BCUT2D eigenvalue weighted by molar-refractivity contribution is -0.154. The largest absolute Gasteiger partial charge is 0.442 e. The summed E-state index contributed by atoms with van der Waals surface area (Å²) in [6.45, 7) is -0.386. The van der Waals surface area contributed by atoms with Gasteiger partial charge in [-0.25, -0.2) is 4.90 Å². The number of unbranched alkanes of at least 4 members (excludes halogenated alkanes) is 1. The molecule has 4 amide bonds. The van der Waals surface area contributed by atoms with Crippen molar-refractivity contribution >= 4 is 69.8 Å². The number of carbonyl (C=O) groups is 5. The highest BCUT2D eigenvalue weighted by atomic mass is 125. The lowest BCUT2D eigenvalue weighted by atomic mass is 10.1. The van der Waals surface area contributed by atoms with Gasteiger partial charge in [-0.15, -0.1) is 11.8 Å². The number of halogens is 1. The van der Waals surface area contributed by atoms with Crippen molar-refractivity contribution in [3.63, 3.8) is 0 Å². The van der Waals surface area contributed by atoms with Gasteiger partial charge in [-0.05, 0) is 72.4 Å². The third kappa shape index (κ3) is 10.7. The van der Waals surface area contributed by atoms with Gasteiger partial charge < -0.3 is 26.8 Å². The summed E-state index contributed by atoms with van der Waals surface area (Å²) >= 11 is 3.34. The molecule has 0 aliphatic carbocycles. The van der Waals surface area contributed by atoms with E-state index in [0.717, 1.165) is 21.3 Å². The Morgan fingerprint density at radius 1 is 1.24 bits per heavy atom. The second-order valence-corrected chi connectivity index (χ2v) is 11.1. The summed E-state index contributed by atoms with van der Waals surface area (Å²) < 4.78 is 5.88. The van der Waals surface area contributed by atoms with Crippen molar-refractivity contribution in [2.75, 3.05) is 25.6 Å². The normalized spacial score (nSPS) is 15.8. The van der Waals surface area contributed by atoms with Crippen LogP contribution in [0.4, 0.5) is 0 Å². The van der Waals surface area contributed by atoms with Crippen molar-refractivity contribution in [2.45, 2.75) is 49.8 Å². The third-order valence-corrected chi connectivity index (χ3v) is 7.47. The van der Waals surface area contributed by atoms with E-state index in [1.54, 1.807) is 18.2 Å². The lowest BCUT2D eigenvalue weighted by Crippen LogP contribution is -2.43. The van der Waals surface area contributed by atoms with E-state index in [9.17, 15) is 24.0 Å². The molecule has 1 saturated heterocycles. The summed E-state index contributed by atoms with van der Waals surface area (Å²) in [6.07, 6.45) is 2.81. The molecule has 38 heavy (non-hydrogen) atoms. The number of hydrogen-bond donors (Lipinski definition) is 5. The minimum absolute atomic E-state index is 0.0176. The Labute approximate surface area is 239 Å². The van der Waals surface area contributed by atoms with Gasteiger partial charge in [0.15, 0.2) is 6.73 Å². The Hall–Kier alpha value is -2.56. The highest BCUT2D eigenvalue weighted by Crippen LogP contribution is 2.26. The zero-order valence-corrected chi connectivity index (χ0v) is 23.8. The van der Waals surface area contributed by atoms with Crippen LogP contribution in [-0.4, -0.2) is 77.2 Å². The van der Waals surface area contributed by atoms with Gasteiger partial charge in [-0.1, -0.05) is 12.5 Å². The first-order valence-corrected chi connectivity index (χ1v) is 14.2. The molecule has 2 atom stereocenters. The van der Waals surface area contributed by atoms with Crippen LogP contribution in [0, 0.1) is 8.98 Å².